The molecule has 0 saturated carbocycles. The summed E-state index contributed by atoms with van der Waals surface area (Å²) in [5.74, 6) is -0.404. The lowest BCUT2D eigenvalue weighted by atomic mass is 9.76. The fraction of sp³-hybridized carbons (Fsp3) is 0.867. The standard InChI is InChI=1S/C15H30N2O3/c1-5-16-10-9-13(18)17-11-8-12(15(2,3)4)6-7-14(19)20/h12,16H,5-11H2,1-4H3,(H,17,18)(H,19,20). The second-order valence-electron chi connectivity index (χ2n) is 6.24. The number of carboxylic acids is 1. The van der Waals surface area contributed by atoms with Crippen LogP contribution in [0.4, 0.5) is 0 Å². The molecule has 1 atom stereocenters. The van der Waals surface area contributed by atoms with Crippen molar-refractivity contribution in [2.75, 3.05) is 19.6 Å². The van der Waals surface area contributed by atoms with E-state index in [1.165, 1.54) is 0 Å². The number of hydrogen-bond acceptors (Lipinski definition) is 3. The van der Waals surface area contributed by atoms with E-state index < -0.39 is 5.97 Å². The van der Waals surface area contributed by atoms with E-state index in [4.69, 9.17) is 5.11 Å². The van der Waals surface area contributed by atoms with Crippen molar-refractivity contribution >= 4 is 11.9 Å². The average Bonchev–Trinajstić information content (AvgIpc) is 2.31. The Balaban J connectivity index is 4.01. The van der Waals surface area contributed by atoms with Crippen LogP contribution in [0, 0.1) is 11.3 Å². The lowest BCUT2D eigenvalue weighted by Crippen LogP contribution is -2.31. The number of hydrogen-bond donors (Lipinski definition) is 3. The molecule has 5 heteroatoms. The Morgan fingerprint density at radius 3 is 2.25 bits per heavy atom. The third-order valence-corrected chi connectivity index (χ3v) is 3.53. The quantitative estimate of drug-likeness (QED) is 0.537. The minimum absolute atomic E-state index is 0.0526. The van der Waals surface area contributed by atoms with Crippen LogP contribution in [0.1, 0.15) is 53.4 Å². The van der Waals surface area contributed by atoms with Crippen LogP contribution in [0.5, 0.6) is 0 Å². The summed E-state index contributed by atoms with van der Waals surface area (Å²) < 4.78 is 0. The predicted molar refractivity (Wildman–Crippen MR) is 80.6 cm³/mol. The maximum absolute atomic E-state index is 11.6. The summed E-state index contributed by atoms with van der Waals surface area (Å²) in [4.78, 5) is 22.3. The van der Waals surface area contributed by atoms with Crippen molar-refractivity contribution in [3.8, 4) is 0 Å². The molecule has 0 bridgehead atoms. The molecule has 20 heavy (non-hydrogen) atoms. The molecule has 5 nitrogen and oxygen atoms in total. The lowest BCUT2D eigenvalue weighted by Gasteiger charge is -2.30. The van der Waals surface area contributed by atoms with Gasteiger partial charge in [0.15, 0.2) is 0 Å². The van der Waals surface area contributed by atoms with Gasteiger partial charge in [-0.05, 0) is 30.7 Å². The lowest BCUT2D eigenvalue weighted by molar-refractivity contribution is -0.137. The van der Waals surface area contributed by atoms with Gasteiger partial charge in [-0.25, -0.2) is 0 Å². The summed E-state index contributed by atoms with van der Waals surface area (Å²) in [6.45, 7) is 10.5. The Morgan fingerprint density at radius 2 is 1.75 bits per heavy atom. The smallest absolute Gasteiger partial charge is 0.303 e. The monoisotopic (exact) mass is 286 g/mol. The number of carbonyl (C=O) groups excluding carboxylic acids is 1. The molecule has 0 aliphatic rings. The first kappa shape index (κ1) is 18.9. The van der Waals surface area contributed by atoms with Crippen molar-refractivity contribution in [1.82, 2.24) is 10.6 Å². The number of carboxylic acid groups (broad SMARTS) is 1. The number of rotatable bonds is 10. The number of aliphatic carboxylic acids is 1. The SMILES string of the molecule is CCNCCC(=O)NCCC(CCC(=O)O)C(C)(C)C. The number of carbonyl (C=O) groups is 2. The first-order valence-electron chi connectivity index (χ1n) is 7.46. The molecule has 0 fully saturated rings. The van der Waals surface area contributed by atoms with Crippen LogP contribution in [0.15, 0.2) is 0 Å². The van der Waals surface area contributed by atoms with Gasteiger partial charge in [-0.1, -0.05) is 27.7 Å². The van der Waals surface area contributed by atoms with Crippen LogP contribution in [-0.4, -0.2) is 36.6 Å². The maximum atomic E-state index is 11.6. The molecule has 0 aromatic rings. The van der Waals surface area contributed by atoms with Crippen LogP contribution in [-0.2, 0) is 9.59 Å². The second-order valence-corrected chi connectivity index (χ2v) is 6.24. The Hall–Kier alpha value is -1.10. The second kappa shape index (κ2) is 9.75. The highest BCUT2D eigenvalue weighted by molar-refractivity contribution is 5.76. The molecule has 0 saturated heterocycles. The van der Waals surface area contributed by atoms with Gasteiger partial charge in [0.05, 0.1) is 0 Å². The van der Waals surface area contributed by atoms with E-state index in [0.717, 1.165) is 13.0 Å². The molecule has 118 valence electrons. The fourth-order valence-corrected chi connectivity index (χ4v) is 2.16. The van der Waals surface area contributed by atoms with E-state index in [9.17, 15) is 9.59 Å². The minimum Gasteiger partial charge on any atom is -0.481 e. The Bertz CT molecular complexity index is 298. The third kappa shape index (κ3) is 9.78. The first-order valence-corrected chi connectivity index (χ1v) is 7.46. The highest BCUT2D eigenvalue weighted by Crippen LogP contribution is 2.32. The van der Waals surface area contributed by atoms with Gasteiger partial charge in [0.2, 0.25) is 5.91 Å². The largest absolute Gasteiger partial charge is 0.481 e. The van der Waals surface area contributed by atoms with E-state index in [0.29, 0.717) is 31.8 Å². The molecule has 3 N–H and O–H groups in total. The third-order valence-electron chi connectivity index (χ3n) is 3.53. The van der Waals surface area contributed by atoms with Gasteiger partial charge in [-0.3, -0.25) is 9.59 Å². The topological polar surface area (TPSA) is 78.4 Å². The highest BCUT2D eigenvalue weighted by Gasteiger charge is 2.24. The Morgan fingerprint density at radius 1 is 1.10 bits per heavy atom. The first-order chi connectivity index (χ1) is 9.27. The van der Waals surface area contributed by atoms with E-state index in [-0.39, 0.29) is 17.7 Å². The maximum Gasteiger partial charge on any atom is 0.303 e. The van der Waals surface area contributed by atoms with Crippen LogP contribution in [0.2, 0.25) is 0 Å². The summed E-state index contributed by atoms with van der Waals surface area (Å²) in [5, 5.41) is 14.8. The summed E-state index contributed by atoms with van der Waals surface area (Å²) >= 11 is 0. The number of nitrogens with one attached hydrogen (secondary N) is 2. The summed E-state index contributed by atoms with van der Waals surface area (Å²) in [6, 6.07) is 0. The Labute approximate surface area is 122 Å². The van der Waals surface area contributed by atoms with Crippen molar-refractivity contribution < 1.29 is 14.7 Å². The molecule has 0 aromatic heterocycles. The van der Waals surface area contributed by atoms with E-state index in [2.05, 4.69) is 31.4 Å². The molecule has 0 heterocycles. The van der Waals surface area contributed by atoms with E-state index >= 15 is 0 Å². The van der Waals surface area contributed by atoms with Crippen LogP contribution in [0.25, 0.3) is 0 Å². The average molecular weight is 286 g/mol. The van der Waals surface area contributed by atoms with Gasteiger partial charge in [-0.2, -0.15) is 0 Å². The summed E-state index contributed by atoms with van der Waals surface area (Å²) in [6.07, 6.45) is 2.16. The molecule has 0 aliphatic heterocycles. The zero-order valence-electron chi connectivity index (χ0n) is 13.3. The highest BCUT2D eigenvalue weighted by atomic mass is 16.4. The molecule has 1 amide bonds. The molecular formula is C15H30N2O3. The zero-order chi connectivity index (χ0) is 15.6. The summed E-state index contributed by atoms with van der Waals surface area (Å²) in [7, 11) is 0. The number of amides is 1. The van der Waals surface area contributed by atoms with Crippen LogP contribution >= 0.6 is 0 Å². The van der Waals surface area contributed by atoms with Crippen molar-refractivity contribution in [1.29, 1.82) is 0 Å². The van der Waals surface area contributed by atoms with Gasteiger partial charge in [0.1, 0.15) is 0 Å². The Kier molecular flexibility index (Phi) is 9.21. The van der Waals surface area contributed by atoms with Gasteiger partial charge in [0, 0.05) is 25.9 Å². The molecule has 1 unspecified atom stereocenters. The molecular weight excluding hydrogens is 256 g/mol. The normalized spacial score (nSPS) is 13.0. The van der Waals surface area contributed by atoms with Crippen LogP contribution in [0.3, 0.4) is 0 Å². The van der Waals surface area contributed by atoms with E-state index in [1.807, 2.05) is 6.92 Å². The van der Waals surface area contributed by atoms with E-state index in [1.54, 1.807) is 0 Å². The minimum atomic E-state index is -0.756. The van der Waals surface area contributed by atoms with Gasteiger partial charge in [-0.15, -0.1) is 0 Å². The molecule has 0 radical (unpaired) electrons. The molecule has 0 aliphatic carbocycles. The summed E-state index contributed by atoms with van der Waals surface area (Å²) in [5.41, 5.74) is 0.0595. The van der Waals surface area contributed by atoms with Crippen molar-refractivity contribution in [3.05, 3.63) is 0 Å². The predicted octanol–water partition coefficient (Wildman–Crippen LogP) is 2.02. The zero-order valence-corrected chi connectivity index (χ0v) is 13.3. The van der Waals surface area contributed by atoms with Crippen molar-refractivity contribution in [2.45, 2.75) is 53.4 Å². The van der Waals surface area contributed by atoms with Crippen molar-refractivity contribution in [2.24, 2.45) is 11.3 Å². The van der Waals surface area contributed by atoms with Crippen LogP contribution < -0.4 is 10.6 Å². The van der Waals surface area contributed by atoms with Gasteiger partial charge < -0.3 is 15.7 Å². The fourth-order valence-electron chi connectivity index (χ4n) is 2.16. The molecule has 0 rings (SSSR count). The molecule has 0 spiro atoms. The van der Waals surface area contributed by atoms with Gasteiger partial charge >= 0.3 is 5.97 Å². The van der Waals surface area contributed by atoms with Crippen molar-refractivity contribution in [3.63, 3.8) is 0 Å². The van der Waals surface area contributed by atoms with Gasteiger partial charge in [0.25, 0.3) is 0 Å². The molecule has 0 aromatic carbocycles.